The highest BCUT2D eigenvalue weighted by Gasteiger charge is 2.15. The van der Waals surface area contributed by atoms with E-state index in [0.717, 1.165) is 11.4 Å². The predicted octanol–water partition coefficient (Wildman–Crippen LogP) is 3.25. The number of hydrogen-bond donors (Lipinski definition) is 3. The molecule has 0 spiro atoms. The Morgan fingerprint density at radius 1 is 0.897 bits per heavy atom. The van der Waals surface area contributed by atoms with Gasteiger partial charge in [0, 0.05) is 42.1 Å². The largest absolute Gasteiger partial charge is 0.376 e. The Labute approximate surface area is 171 Å². The molecule has 7 heteroatoms. The van der Waals surface area contributed by atoms with E-state index in [-0.39, 0.29) is 29.8 Å². The van der Waals surface area contributed by atoms with Gasteiger partial charge in [0.25, 0.3) is 5.91 Å². The zero-order valence-corrected chi connectivity index (χ0v) is 17.5. The van der Waals surface area contributed by atoms with Gasteiger partial charge in [0.1, 0.15) is 0 Å². The average molecular weight is 396 g/mol. The molecule has 0 aliphatic carbocycles. The number of anilines is 3. The summed E-state index contributed by atoms with van der Waals surface area (Å²) < 4.78 is 0. The molecule has 154 valence electrons. The van der Waals surface area contributed by atoms with Gasteiger partial charge in [-0.3, -0.25) is 14.4 Å². The second-order valence-corrected chi connectivity index (χ2v) is 7.81. The zero-order valence-electron chi connectivity index (χ0n) is 17.5. The lowest BCUT2D eigenvalue weighted by Gasteiger charge is -2.20. The first-order chi connectivity index (χ1) is 13.5. The van der Waals surface area contributed by atoms with Crippen LogP contribution < -0.4 is 20.9 Å². The van der Waals surface area contributed by atoms with Crippen molar-refractivity contribution in [1.82, 2.24) is 5.32 Å². The van der Waals surface area contributed by atoms with Crippen molar-refractivity contribution in [3.63, 3.8) is 0 Å². The fourth-order valence-electron chi connectivity index (χ4n) is 2.49. The molecule has 0 aromatic heterocycles. The molecule has 2 rings (SSSR count). The number of carbonyl (C=O) groups excluding carboxylic acids is 3. The van der Waals surface area contributed by atoms with Gasteiger partial charge < -0.3 is 20.9 Å². The molecule has 3 amide bonds. The van der Waals surface area contributed by atoms with Crippen molar-refractivity contribution in [2.45, 2.75) is 33.2 Å². The number of nitrogens with one attached hydrogen (secondary N) is 3. The van der Waals surface area contributed by atoms with Crippen LogP contribution in [0.1, 0.15) is 38.1 Å². The Kier molecular flexibility index (Phi) is 6.98. The minimum atomic E-state index is -0.300. The molecule has 0 heterocycles. The van der Waals surface area contributed by atoms with Gasteiger partial charge in [-0.1, -0.05) is 0 Å². The molecule has 0 bridgehead atoms. The Morgan fingerprint density at radius 3 is 1.97 bits per heavy atom. The van der Waals surface area contributed by atoms with Gasteiger partial charge in [0.05, 0.1) is 6.54 Å². The summed E-state index contributed by atoms with van der Waals surface area (Å²) in [6, 6.07) is 14.0. The van der Waals surface area contributed by atoms with Crippen LogP contribution in [0.5, 0.6) is 0 Å². The summed E-state index contributed by atoms with van der Waals surface area (Å²) in [5, 5.41) is 8.73. The predicted molar refractivity (Wildman–Crippen MR) is 116 cm³/mol. The number of rotatable bonds is 6. The van der Waals surface area contributed by atoms with E-state index in [1.807, 2.05) is 20.8 Å². The molecule has 0 radical (unpaired) electrons. The highest BCUT2D eigenvalue weighted by Crippen LogP contribution is 2.17. The Balaban J connectivity index is 1.86. The van der Waals surface area contributed by atoms with Crippen LogP contribution in [0.15, 0.2) is 48.5 Å². The molecule has 0 aliphatic rings. The van der Waals surface area contributed by atoms with Gasteiger partial charge in [0.15, 0.2) is 0 Å². The van der Waals surface area contributed by atoms with Crippen LogP contribution in [0.3, 0.4) is 0 Å². The van der Waals surface area contributed by atoms with Crippen LogP contribution in [-0.4, -0.2) is 36.9 Å². The van der Waals surface area contributed by atoms with Crippen LogP contribution >= 0.6 is 0 Å². The molecule has 0 saturated carbocycles. The minimum absolute atomic E-state index is 0.0621. The van der Waals surface area contributed by atoms with E-state index < -0.39 is 0 Å². The number of carbonyl (C=O) groups is 3. The lowest BCUT2D eigenvalue weighted by molar-refractivity contribution is -0.116. The molecule has 3 N–H and O–H groups in total. The van der Waals surface area contributed by atoms with Crippen LogP contribution in [0.4, 0.5) is 17.1 Å². The fourth-order valence-corrected chi connectivity index (χ4v) is 2.49. The van der Waals surface area contributed by atoms with Crippen molar-refractivity contribution in [3.05, 3.63) is 54.1 Å². The van der Waals surface area contributed by atoms with Crippen molar-refractivity contribution < 1.29 is 14.4 Å². The maximum atomic E-state index is 12.1. The molecule has 0 unspecified atom stereocenters. The Bertz CT molecular complexity index is 868. The molecule has 2 aromatic carbocycles. The molecular formula is C22H28N4O3. The molecule has 0 aliphatic heterocycles. The van der Waals surface area contributed by atoms with Gasteiger partial charge >= 0.3 is 0 Å². The Hall–Kier alpha value is -3.35. The number of amides is 3. The molecule has 0 atom stereocenters. The normalized spacial score (nSPS) is 10.8. The van der Waals surface area contributed by atoms with Gasteiger partial charge in [-0.2, -0.15) is 0 Å². The van der Waals surface area contributed by atoms with E-state index in [9.17, 15) is 14.4 Å². The Morgan fingerprint density at radius 2 is 1.45 bits per heavy atom. The van der Waals surface area contributed by atoms with Gasteiger partial charge in [-0.25, -0.2) is 0 Å². The first-order valence-corrected chi connectivity index (χ1v) is 9.36. The van der Waals surface area contributed by atoms with Crippen LogP contribution in [0.2, 0.25) is 0 Å². The summed E-state index contributed by atoms with van der Waals surface area (Å²) in [5.41, 5.74) is 2.40. The van der Waals surface area contributed by atoms with Crippen molar-refractivity contribution in [3.8, 4) is 0 Å². The molecule has 29 heavy (non-hydrogen) atoms. The SMILES string of the molecule is CC(=O)N(C)c1ccc(NC(=O)CNc2ccc(C(=O)NC(C)(C)C)cc2)cc1. The minimum Gasteiger partial charge on any atom is -0.376 e. The monoisotopic (exact) mass is 396 g/mol. The molecular weight excluding hydrogens is 368 g/mol. The van der Waals surface area contributed by atoms with E-state index in [2.05, 4.69) is 16.0 Å². The number of benzene rings is 2. The first kappa shape index (κ1) is 21.9. The molecule has 2 aromatic rings. The van der Waals surface area contributed by atoms with Crippen molar-refractivity contribution in [2.75, 3.05) is 29.1 Å². The smallest absolute Gasteiger partial charge is 0.251 e. The van der Waals surface area contributed by atoms with Crippen molar-refractivity contribution in [2.24, 2.45) is 0 Å². The van der Waals surface area contributed by atoms with E-state index >= 15 is 0 Å². The van der Waals surface area contributed by atoms with Crippen molar-refractivity contribution in [1.29, 1.82) is 0 Å². The highest BCUT2D eigenvalue weighted by atomic mass is 16.2. The van der Waals surface area contributed by atoms with Crippen LogP contribution in [0.25, 0.3) is 0 Å². The second-order valence-electron chi connectivity index (χ2n) is 7.81. The summed E-state index contributed by atoms with van der Waals surface area (Å²) in [7, 11) is 1.69. The highest BCUT2D eigenvalue weighted by molar-refractivity contribution is 5.96. The topological polar surface area (TPSA) is 90.5 Å². The quantitative estimate of drug-likeness (QED) is 0.699. The van der Waals surface area contributed by atoms with Gasteiger partial charge in [0.2, 0.25) is 11.8 Å². The van der Waals surface area contributed by atoms with Crippen molar-refractivity contribution >= 4 is 34.8 Å². The second kappa shape index (κ2) is 9.23. The van der Waals surface area contributed by atoms with E-state index in [0.29, 0.717) is 11.3 Å². The van der Waals surface area contributed by atoms with Crippen LogP contribution in [-0.2, 0) is 9.59 Å². The summed E-state index contributed by atoms with van der Waals surface area (Å²) in [4.78, 5) is 37.2. The third kappa shape index (κ3) is 6.95. The summed E-state index contributed by atoms with van der Waals surface area (Å²) in [6.07, 6.45) is 0. The third-order valence-corrected chi connectivity index (χ3v) is 4.10. The van der Waals surface area contributed by atoms with Gasteiger partial charge in [-0.05, 0) is 69.3 Å². The molecule has 0 saturated heterocycles. The van der Waals surface area contributed by atoms with E-state index in [1.54, 1.807) is 55.6 Å². The molecule has 0 fully saturated rings. The lowest BCUT2D eigenvalue weighted by atomic mass is 10.1. The summed E-state index contributed by atoms with van der Waals surface area (Å²) >= 11 is 0. The first-order valence-electron chi connectivity index (χ1n) is 9.36. The maximum absolute atomic E-state index is 12.1. The average Bonchev–Trinajstić information content (AvgIpc) is 2.65. The van der Waals surface area contributed by atoms with E-state index in [1.165, 1.54) is 11.8 Å². The van der Waals surface area contributed by atoms with Crippen LogP contribution in [0, 0.1) is 0 Å². The summed E-state index contributed by atoms with van der Waals surface area (Å²) in [6.45, 7) is 7.35. The lowest BCUT2D eigenvalue weighted by Crippen LogP contribution is -2.40. The molecule has 7 nitrogen and oxygen atoms in total. The zero-order chi connectivity index (χ0) is 21.6. The number of hydrogen-bond acceptors (Lipinski definition) is 4. The third-order valence-electron chi connectivity index (χ3n) is 4.10. The fraction of sp³-hybridized carbons (Fsp3) is 0.318. The maximum Gasteiger partial charge on any atom is 0.251 e. The van der Waals surface area contributed by atoms with Gasteiger partial charge in [-0.15, -0.1) is 0 Å². The summed E-state index contributed by atoms with van der Waals surface area (Å²) in [5.74, 6) is -0.402. The van der Waals surface area contributed by atoms with E-state index in [4.69, 9.17) is 0 Å². The number of nitrogens with zero attached hydrogens (tertiary/aromatic N) is 1. The standard InChI is InChI=1S/C22H28N4O3/c1-15(27)26(5)19-12-10-18(11-13-19)24-20(28)14-23-17-8-6-16(7-9-17)21(29)25-22(2,3)4/h6-13,23H,14H2,1-5H3,(H,24,28)(H,25,29).